The minimum absolute atomic E-state index is 0.168. The molecule has 0 aliphatic heterocycles. The Hall–Kier alpha value is -1.06. The van der Waals surface area contributed by atoms with Crippen molar-refractivity contribution in [1.29, 1.82) is 0 Å². The summed E-state index contributed by atoms with van der Waals surface area (Å²) in [6.07, 6.45) is 0. The van der Waals surface area contributed by atoms with Crippen molar-refractivity contribution in [3.8, 4) is 0 Å². The summed E-state index contributed by atoms with van der Waals surface area (Å²) >= 11 is 5.06. The highest BCUT2D eigenvalue weighted by atomic mass is 79.9. The van der Waals surface area contributed by atoms with E-state index >= 15 is 0 Å². The molecule has 0 N–H and O–H groups in total. The molecule has 0 unspecified atom stereocenters. The number of rotatable bonds is 5. The van der Waals surface area contributed by atoms with E-state index in [0.717, 1.165) is 14.9 Å². The topological polar surface area (TPSA) is 17.1 Å². The van der Waals surface area contributed by atoms with Crippen LogP contribution in [0, 0.1) is 0 Å². The van der Waals surface area contributed by atoms with Crippen LogP contribution in [0.1, 0.15) is 35.7 Å². The minimum Gasteiger partial charge on any atom is -0.293 e. The second kappa shape index (κ2) is 7.09. The van der Waals surface area contributed by atoms with E-state index in [1.807, 2.05) is 48.5 Å². The number of halogens is 1. The van der Waals surface area contributed by atoms with Gasteiger partial charge in [0, 0.05) is 14.9 Å². The monoisotopic (exact) mass is 348 g/mol. The van der Waals surface area contributed by atoms with Crippen molar-refractivity contribution in [3.63, 3.8) is 0 Å². The molecule has 0 heterocycles. The van der Waals surface area contributed by atoms with Gasteiger partial charge in [-0.15, -0.1) is 11.8 Å². The predicted molar refractivity (Wildman–Crippen MR) is 89.7 cm³/mol. The lowest BCUT2D eigenvalue weighted by atomic mass is 10.0. The number of Topliss-reactive ketones (excluding diaryl/α,β-unsaturated/α-hetero) is 1. The van der Waals surface area contributed by atoms with Crippen LogP contribution in [0.5, 0.6) is 0 Å². The van der Waals surface area contributed by atoms with E-state index in [9.17, 15) is 4.79 Å². The molecular weight excluding hydrogens is 332 g/mol. The standard InChI is InChI=1S/C17H17BrOS/c1-12(2)13-7-9-14(10-8-13)16(19)11-20-17-6-4-3-5-15(17)18/h3-10,12H,11H2,1-2H3. The SMILES string of the molecule is CC(C)c1ccc(C(=O)CSc2ccccc2Br)cc1. The van der Waals surface area contributed by atoms with Gasteiger partial charge < -0.3 is 0 Å². The molecule has 0 bridgehead atoms. The van der Waals surface area contributed by atoms with Crippen LogP contribution in [0.2, 0.25) is 0 Å². The zero-order valence-electron chi connectivity index (χ0n) is 11.6. The first-order valence-electron chi connectivity index (χ1n) is 6.58. The lowest BCUT2D eigenvalue weighted by Crippen LogP contribution is -2.02. The lowest BCUT2D eigenvalue weighted by Gasteiger charge is -2.07. The predicted octanol–water partition coefficient (Wildman–Crippen LogP) is 5.55. The molecule has 104 valence electrons. The van der Waals surface area contributed by atoms with Crippen molar-refractivity contribution in [2.75, 3.05) is 5.75 Å². The largest absolute Gasteiger partial charge is 0.293 e. The van der Waals surface area contributed by atoms with Crippen molar-refractivity contribution in [2.45, 2.75) is 24.7 Å². The molecule has 0 atom stereocenters. The molecule has 20 heavy (non-hydrogen) atoms. The van der Waals surface area contributed by atoms with Gasteiger partial charge in [-0.05, 0) is 39.5 Å². The smallest absolute Gasteiger partial charge is 0.173 e. The number of ketones is 1. The molecule has 0 fully saturated rings. The summed E-state index contributed by atoms with van der Waals surface area (Å²) in [5.74, 6) is 1.12. The van der Waals surface area contributed by atoms with Crippen molar-refractivity contribution in [1.82, 2.24) is 0 Å². The van der Waals surface area contributed by atoms with E-state index in [2.05, 4.69) is 29.8 Å². The molecule has 2 aromatic carbocycles. The molecule has 2 rings (SSSR count). The molecular formula is C17H17BrOS. The van der Waals surface area contributed by atoms with Gasteiger partial charge in [0.25, 0.3) is 0 Å². The second-order valence-corrected chi connectivity index (χ2v) is 6.79. The van der Waals surface area contributed by atoms with E-state index in [1.54, 1.807) is 11.8 Å². The second-order valence-electron chi connectivity index (χ2n) is 4.92. The van der Waals surface area contributed by atoms with Crippen molar-refractivity contribution in [2.24, 2.45) is 0 Å². The van der Waals surface area contributed by atoms with Gasteiger partial charge in [-0.2, -0.15) is 0 Å². The Morgan fingerprint density at radius 3 is 2.35 bits per heavy atom. The summed E-state index contributed by atoms with van der Waals surface area (Å²) in [4.78, 5) is 13.3. The van der Waals surface area contributed by atoms with Crippen LogP contribution >= 0.6 is 27.7 Å². The molecule has 0 saturated heterocycles. The zero-order valence-corrected chi connectivity index (χ0v) is 14.0. The number of hydrogen-bond acceptors (Lipinski definition) is 2. The Morgan fingerprint density at radius 2 is 1.75 bits per heavy atom. The third-order valence-corrected chi connectivity index (χ3v) is 5.12. The number of benzene rings is 2. The molecule has 0 spiro atoms. The van der Waals surface area contributed by atoms with Gasteiger partial charge in [0.1, 0.15) is 0 Å². The molecule has 0 aliphatic rings. The fraction of sp³-hybridized carbons (Fsp3) is 0.235. The number of hydrogen-bond donors (Lipinski definition) is 0. The van der Waals surface area contributed by atoms with Gasteiger partial charge in [-0.1, -0.05) is 50.2 Å². The minimum atomic E-state index is 0.168. The highest BCUT2D eigenvalue weighted by Gasteiger charge is 2.08. The number of carbonyl (C=O) groups is 1. The number of carbonyl (C=O) groups excluding carboxylic acids is 1. The van der Waals surface area contributed by atoms with Crippen LogP contribution in [0.25, 0.3) is 0 Å². The van der Waals surface area contributed by atoms with Crippen LogP contribution in [0.3, 0.4) is 0 Å². The van der Waals surface area contributed by atoms with Crippen molar-refractivity contribution >= 4 is 33.5 Å². The van der Waals surface area contributed by atoms with Crippen LogP contribution in [0.15, 0.2) is 57.9 Å². The molecule has 3 heteroatoms. The van der Waals surface area contributed by atoms with Gasteiger partial charge in [0.15, 0.2) is 5.78 Å². The summed E-state index contributed by atoms with van der Waals surface area (Å²) in [7, 11) is 0. The van der Waals surface area contributed by atoms with Crippen LogP contribution < -0.4 is 0 Å². The van der Waals surface area contributed by atoms with Gasteiger partial charge in [-0.25, -0.2) is 0 Å². The summed E-state index contributed by atoms with van der Waals surface area (Å²) < 4.78 is 1.04. The summed E-state index contributed by atoms with van der Waals surface area (Å²) in [6, 6.07) is 15.9. The van der Waals surface area contributed by atoms with E-state index in [4.69, 9.17) is 0 Å². The Morgan fingerprint density at radius 1 is 1.10 bits per heavy atom. The maximum Gasteiger partial charge on any atom is 0.173 e. The molecule has 0 radical (unpaired) electrons. The van der Waals surface area contributed by atoms with Gasteiger partial charge in [0.05, 0.1) is 5.75 Å². The third kappa shape index (κ3) is 3.97. The Kier molecular flexibility index (Phi) is 5.44. The van der Waals surface area contributed by atoms with Gasteiger partial charge in [0.2, 0.25) is 0 Å². The fourth-order valence-corrected chi connectivity index (χ4v) is 3.30. The first-order valence-corrected chi connectivity index (χ1v) is 8.36. The highest BCUT2D eigenvalue weighted by Crippen LogP contribution is 2.27. The van der Waals surface area contributed by atoms with Crippen LogP contribution in [-0.4, -0.2) is 11.5 Å². The quantitative estimate of drug-likeness (QED) is 0.520. The average molecular weight is 349 g/mol. The van der Waals surface area contributed by atoms with E-state index in [0.29, 0.717) is 11.7 Å². The van der Waals surface area contributed by atoms with Gasteiger partial charge in [-0.3, -0.25) is 4.79 Å². The fourth-order valence-electron chi connectivity index (χ4n) is 1.84. The molecule has 2 aromatic rings. The average Bonchev–Trinajstić information content (AvgIpc) is 2.46. The molecule has 0 aromatic heterocycles. The Balaban J connectivity index is 2.00. The Bertz CT molecular complexity index is 590. The highest BCUT2D eigenvalue weighted by molar-refractivity contribution is 9.10. The maximum atomic E-state index is 12.2. The van der Waals surface area contributed by atoms with Crippen LogP contribution in [0.4, 0.5) is 0 Å². The van der Waals surface area contributed by atoms with E-state index < -0.39 is 0 Å². The normalized spacial score (nSPS) is 10.8. The van der Waals surface area contributed by atoms with Crippen molar-refractivity contribution in [3.05, 3.63) is 64.1 Å². The first-order chi connectivity index (χ1) is 9.58. The van der Waals surface area contributed by atoms with E-state index in [-0.39, 0.29) is 5.78 Å². The van der Waals surface area contributed by atoms with Crippen LogP contribution in [-0.2, 0) is 0 Å². The molecule has 0 amide bonds. The van der Waals surface area contributed by atoms with Crippen molar-refractivity contribution < 1.29 is 4.79 Å². The summed E-state index contributed by atoms with van der Waals surface area (Å²) in [6.45, 7) is 4.30. The molecule has 0 saturated carbocycles. The summed E-state index contributed by atoms with van der Waals surface area (Å²) in [5.41, 5.74) is 2.05. The van der Waals surface area contributed by atoms with Gasteiger partial charge >= 0.3 is 0 Å². The Labute approximate surface area is 132 Å². The molecule has 0 aliphatic carbocycles. The first kappa shape index (κ1) is 15.3. The third-order valence-electron chi connectivity index (χ3n) is 3.09. The van der Waals surface area contributed by atoms with E-state index in [1.165, 1.54) is 5.56 Å². The maximum absolute atomic E-state index is 12.2. The number of thioether (sulfide) groups is 1. The summed E-state index contributed by atoms with van der Waals surface area (Å²) in [5, 5.41) is 0. The zero-order chi connectivity index (χ0) is 14.5. The lowest BCUT2D eigenvalue weighted by molar-refractivity contribution is 0.102. The molecule has 1 nitrogen and oxygen atoms in total.